The third kappa shape index (κ3) is 5.18. The number of amides is 1. The molecule has 0 N–H and O–H groups in total. The van der Waals surface area contributed by atoms with Crippen LogP contribution in [0.2, 0.25) is 5.02 Å². The molecule has 0 atom stereocenters. The van der Waals surface area contributed by atoms with Gasteiger partial charge in [-0.05, 0) is 24.6 Å². The van der Waals surface area contributed by atoms with Crippen molar-refractivity contribution in [3.05, 3.63) is 58.4 Å². The number of hydrogen-bond acceptors (Lipinski definition) is 7. The van der Waals surface area contributed by atoms with Crippen molar-refractivity contribution >= 4 is 17.5 Å². The first kappa shape index (κ1) is 22.7. The largest absolute Gasteiger partial charge is 0.489 e. The number of carbonyl (C=O) groups excluding carboxylic acids is 1. The highest BCUT2D eigenvalue weighted by molar-refractivity contribution is 6.32. The molecule has 2 aliphatic rings. The van der Waals surface area contributed by atoms with Gasteiger partial charge in [-0.15, -0.1) is 0 Å². The van der Waals surface area contributed by atoms with Gasteiger partial charge in [0.25, 0.3) is 0 Å². The van der Waals surface area contributed by atoms with Gasteiger partial charge in [0.1, 0.15) is 0 Å². The van der Waals surface area contributed by atoms with E-state index >= 15 is 0 Å². The predicted octanol–water partition coefficient (Wildman–Crippen LogP) is 3.75. The maximum absolute atomic E-state index is 12.9. The maximum atomic E-state index is 12.9. The summed E-state index contributed by atoms with van der Waals surface area (Å²) in [6.07, 6.45) is 1.08. The number of benzene rings is 2. The van der Waals surface area contributed by atoms with E-state index in [1.54, 1.807) is 6.07 Å². The maximum Gasteiger partial charge on any atom is 0.241 e. The number of hydrogen-bond donors (Lipinski definition) is 0. The predicted molar refractivity (Wildman–Crippen MR) is 127 cm³/mol. The Hall–Kier alpha value is -3.10. The molecule has 3 aromatic rings. The smallest absolute Gasteiger partial charge is 0.241 e. The van der Waals surface area contributed by atoms with E-state index in [2.05, 4.69) is 15.0 Å². The minimum absolute atomic E-state index is 0.0738. The van der Waals surface area contributed by atoms with Crippen LogP contribution in [0.15, 0.2) is 40.9 Å². The number of nitrogens with zero attached hydrogens (tertiary/aromatic N) is 4. The Balaban J connectivity index is 1.14. The Morgan fingerprint density at radius 1 is 1.06 bits per heavy atom. The molecule has 0 spiro atoms. The first-order valence-electron chi connectivity index (χ1n) is 11.5. The molecule has 34 heavy (non-hydrogen) atoms. The number of piperazine rings is 1. The van der Waals surface area contributed by atoms with E-state index in [1.807, 2.05) is 42.2 Å². The van der Waals surface area contributed by atoms with Gasteiger partial charge in [-0.1, -0.05) is 46.6 Å². The van der Waals surface area contributed by atoms with Crippen LogP contribution in [0.1, 0.15) is 23.4 Å². The Labute approximate surface area is 203 Å². The molecule has 5 rings (SSSR count). The third-order valence-corrected chi connectivity index (χ3v) is 6.36. The van der Waals surface area contributed by atoms with Gasteiger partial charge >= 0.3 is 0 Å². The zero-order valence-electron chi connectivity index (χ0n) is 19.1. The highest BCUT2D eigenvalue weighted by atomic mass is 35.5. The number of aromatic nitrogens is 2. The van der Waals surface area contributed by atoms with Gasteiger partial charge in [0.15, 0.2) is 11.5 Å². The van der Waals surface area contributed by atoms with E-state index in [0.29, 0.717) is 61.1 Å². The molecule has 0 unspecified atom stereocenters. The van der Waals surface area contributed by atoms with Gasteiger partial charge in [0.2, 0.25) is 17.6 Å². The normalized spacial score (nSPS) is 16.4. The summed E-state index contributed by atoms with van der Waals surface area (Å²) in [5, 5.41) is 4.59. The summed E-state index contributed by atoms with van der Waals surface area (Å²) in [7, 11) is 0. The highest BCUT2D eigenvalue weighted by Crippen LogP contribution is 2.38. The van der Waals surface area contributed by atoms with Gasteiger partial charge in [-0.2, -0.15) is 4.98 Å². The van der Waals surface area contributed by atoms with Crippen molar-refractivity contribution in [1.82, 2.24) is 19.9 Å². The van der Waals surface area contributed by atoms with E-state index in [1.165, 1.54) is 5.56 Å². The number of carbonyl (C=O) groups is 1. The first-order valence-corrected chi connectivity index (χ1v) is 11.9. The van der Waals surface area contributed by atoms with Crippen LogP contribution < -0.4 is 9.47 Å². The number of ether oxygens (including phenoxy) is 2. The van der Waals surface area contributed by atoms with Crippen LogP contribution in [0.5, 0.6) is 11.5 Å². The van der Waals surface area contributed by atoms with Crippen molar-refractivity contribution in [3.63, 3.8) is 0 Å². The molecule has 2 aromatic carbocycles. The lowest BCUT2D eigenvalue weighted by atomic mass is 10.1. The summed E-state index contributed by atoms with van der Waals surface area (Å²) in [6, 6.07) is 11.7. The third-order valence-electron chi connectivity index (χ3n) is 6.08. The van der Waals surface area contributed by atoms with E-state index in [9.17, 15) is 4.79 Å². The lowest BCUT2D eigenvalue weighted by Crippen LogP contribution is -2.48. The molecule has 8 nitrogen and oxygen atoms in total. The van der Waals surface area contributed by atoms with Crippen molar-refractivity contribution < 1.29 is 18.8 Å². The summed E-state index contributed by atoms with van der Waals surface area (Å²) in [5.74, 6) is 2.43. The van der Waals surface area contributed by atoms with Gasteiger partial charge in [0.05, 0.1) is 31.2 Å². The number of aryl methyl sites for hydroxylation is 1. The molecule has 178 valence electrons. The molecule has 2 aliphatic heterocycles. The number of rotatable bonds is 5. The molecule has 1 saturated heterocycles. The summed E-state index contributed by atoms with van der Waals surface area (Å²) in [5.41, 5.74) is 2.95. The van der Waals surface area contributed by atoms with Crippen LogP contribution in [0.25, 0.3) is 11.4 Å². The van der Waals surface area contributed by atoms with E-state index in [4.69, 9.17) is 25.6 Å². The van der Waals surface area contributed by atoms with Crippen LogP contribution in [0.4, 0.5) is 0 Å². The lowest BCUT2D eigenvalue weighted by molar-refractivity contribution is -0.132. The fraction of sp³-hybridized carbons (Fsp3) is 0.400. The SMILES string of the molecule is Cc1ccc(-c2noc(CN3CCN(C(=O)Cc4cc(Cl)c5c(c4)OCCCO5)CC3)n2)cc1. The molecule has 0 radical (unpaired) electrons. The lowest BCUT2D eigenvalue weighted by Gasteiger charge is -2.34. The molecule has 0 bridgehead atoms. The van der Waals surface area contributed by atoms with Gasteiger partial charge < -0.3 is 18.9 Å². The van der Waals surface area contributed by atoms with E-state index in [0.717, 1.165) is 30.6 Å². The molecule has 9 heteroatoms. The molecular formula is C25H27ClN4O4. The molecule has 0 aliphatic carbocycles. The fourth-order valence-corrected chi connectivity index (χ4v) is 4.45. The minimum Gasteiger partial charge on any atom is -0.489 e. The van der Waals surface area contributed by atoms with E-state index in [-0.39, 0.29) is 12.3 Å². The summed E-state index contributed by atoms with van der Waals surface area (Å²) in [6.45, 7) is 6.56. The van der Waals surface area contributed by atoms with Crippen molar-refractivity contribution in [1.29, 1.82) is 0 Å². The Morgan fingerprint density at radius 3 is 2.62 bits per heavy atom. The Morgan fingerprint density at radius 2 is 1.82 bits per heavy atom. The van der Waals surface area contributed by atoms with Crippen LogP contribution in [0.3, 0.4) is 0 Å². The van der Waals surface area contributed by atoms with Crippen LogP contribution in [-0.2, 0) is 17.8 Å². The zero-order valence-corrected chi connectivity index (χ0v) is 19.9. The first-order chi connectivity index (χ1) is 16.5. The quantitative estimate of drug-likeness (QED) is 0.547. The van der Waals surface area contributed by atoms with Crippen molar-refractivity contribution in [3.8, 4) is 22.9 Å². The van der Waals surface area contributed by atoms with Crippen molar-refractivity contribution in [2.75, 3.05) is 39.4 Å². The second kappa shape index (κ2) is 10.0. The van der Waals surface area contributed by atoms with Crippen molar-refractivity contribution in [2.45, 2.75) is 26.3 Å². The van der Waals surface area contributed by atoms with Crippen LogP contribution in [0, 0.1) is 6.92 Å². The summed E-state index contributed by atoms with van der Waals surface area (Å²) >= 11 is 6.38. The molecule has 3 heterocycles. The molecular weight excluding hydrogens is 456 g/mol. The molecule has 1 fully saturated rings. The standard InChI is InChI=1S/C25H27ClN4O4/c1-17-3-5-19(6-4-17)25-27-22(34-28-25)16-29-7-9-30(10-8-29)23(31)15-18-13-20(26)24-21(14-18)32-11-2-12-33-24/h3-6,13-14H,2,7-12,15-16H2,1H3. The minimum atomic E-state index is 0.0738. The second-order valence-corrected chi connectivity index (χ2v) is 9.07. The summed E-state index contributed by atoms with van der Waals surface area (Å²) in [4.78, 5) is 21.6. The Bertz CT molecular complexity index is 1160. The van der Waals surface area contributed by atoms with Crippen LogP contribution in [-0.4, -0.2) is 65.2 Å². The monoisotopic (exact) mass is 482 g/mol. The topological polar surface area (TPSA) is 80.9 Å². The van der Waals surface area contributed by atoms with Gasteiger partial charge in [0, 0.05) is 38.2 Å². The number of fused-ring (bicyclic) bond motifs is 1. The van der Waals surface area contributed by atoms with Crippen molar-refractivity contribution in [2.24, 2.45) is 0 Å². The van der Waals surface area contributed by atoms with Crippen LogP contribution >= 0.6 is 11.6 Å². The molecule has 0 saturated carbocycles. The van der Waals surface area contributed by atoms with Gasteiger partial charge in [-0.3, -0.25) is 9.69 Å². The average molecular weight is 483 g/mol. The van der Waals surface area contributed by atoms with Gasteiger partial charge in [-0.25, -0.2) is 0 Å². The van der Waals surface area contributed by atoms with E-state index < -0.39 is 0 Å². The zero-order chi connectivity index (χ0) is 23.5. The molecule has 1 amide bonds. The summed E-state index contributed by atoms with van der Waals surface area (Å²) < 4.78 is 16.9. The average Bonchev–Trinajstić information content (AvgIpc) is 3.16. The fourth-order valence-electron chi connectivity index (χ4n) is 4.16. The highest BCUT2D eigenvalue weighted by Gasteiger charge is 2.24. The molecule has 1 aromatic heterocycles. The second-order valence-electron chi connectivity index (χ2n) is 8.67. The Kier molecular flexibility index (Phi) is 6.69. The number of halogens is 1.